The van der Waals surface area contributed by atoms with E-state index in [4.69, 9.17) is 33.0 Å². The predicted molar refractivity (Wildman–Crippen MR) is 110 cm³/mol. The molecule has 2 heterocycles. The average molecular weight is 423 g/mol. The maximum Gasteiger partial charge on any atom is 0.263 e. The van der Waals surface area contributed by atoms with E-state index in [0.717, 1.165) is 0 Å². The van der Waals surface area contributed by atoms with Crippen molar-refractivity contribution in [1.29, 1.82) is 0 Å². The van der Waals surface area contributed by atoms with Gasteiger partial charge in [-0.3, -0.25) is 9.59 Å². The van der Waals surface area contributed by atoms with Crippen molar-refractivity contribution in [1.82, 2.24) is 10.6 Å². The Morgan fingerprint density at radius 1 is 1.41 bits per heavy atom. The molecule has 1 aromatic heterocycles. The highest BCUT2D eigenvalue weighted by molar-refractivity contribution is 8.26. The van der Waals surface area contributed by atoms with Crippen LogP contribution in [0.15, 0.2) is 39.7 Å². The first-order valence-electron chi connectivity index (χ1n) is 7.89. The van der Waals surface area contributed by atoms with Crippen molar-refractivity contribution in [3.63, 3.8) is 0 Å². The highest BCUT2D eigenvalue weighted by Gasteiger charge is 2.22. The largest absolute Gasteiger partial charge is 0.457 e. The van der Waals surface area contributed by atoms with Crippen LogP contribution >= 0.6 is 35.6 Å². The van der Waals surface area contributed by atoms with Crippen LogP contribution in [0.3, 0.4) is 0 Å². The van der Waals surface area contributed by atoms with Crippen LogP contribution in [-0.2, 0) is 9.53 Å². The summed E-state index contributed by atoms with van der Waals surface area (Å²) in [5, 5.41) is 5.63. The summed E-state index contributed by atoms with van der Waals surface area (Å²) in [6.07, 6.45) is 1.62. The van der Waals surface area contributed by atoms with E-state index in [-0.39, 0.29) is 11.8 Å². The first-order valence-corrected chi connectivity index (χ1v) is 9.50. The summed E-state index contributed by atoms with van der Waals surface area (Å²) in [6.45, 7) is 0.796. The van der Waals surface area contributed by atoms with E-state index < -0.39 is 0 Å². The summed E-state index contributed by atoms with van der Waals surface area (Å²) in [5.74, 6) is 0.522. The van der Waals surface area contributed by atoms with Crippen molar-refractivity contribution in [2.45, 2.75) is 0 Å². The van der Waals surface area contributed by atoms with Gasteiger partial charge in [-0.2, -0.15) is 0 Å². The fourth-order valence-electron chi connectivity index (χ4n) is 2.35. The van der Waals surface area contributed by atoms with Crippen molar-refractivity contribution in [2.24, 2.45) is 0 Å². The number of hydrogen-bond acceptors (Lipinski definition) is 6. The third-order valence-corrected chi connectivity index (χ3v) is 5.12. The first kappa shape index (κ1) is 19.6. The molecular formula is C18H15ClN2O4S2. The lowest BCUT2D eigenvalue weighted by molar-refractivity contribution is -0.115. The van der Waals surface area contributed by atoms with Crippen molar-refractivity contribution in [3.8, 4) is 11.3 Å². The lowest BCUT2D eigenvalue weighted by Crippen LogP contribution is -2.27. The molecular weight excluding hydrogens is 408 g/mol. The molecule has 1 aliphatic heterocycles. The third kappa shape index (κ3) is 4.78. The third-order valence-electron chi connectivity index (χ3n) is 3.63. The molecule has 0 atom stereocenters. The Labute approximate surface area is 170 Å². The molecule has 2 aromatic rings. The number of halogens is 1. The summed E-state index contributed by atoms with van der Waals surface area (Å²) in [7, 11) is 1.56. The van der Waals surface area contributed by atoms with Gasteiger partial charge in [-0.05, 0) is 30.3 Å². The van der Waals surface area contributed by atoms with Gasteiger partial charge in [-0.25, -0.2) is 0 Å². The van der Waals surface area contributed by atoms with Crippen LogP contribution in [0.2, 0.25) is 5.02 Å². The SMILES string of the molecule is COCCNC(=O)c1cc(-c2ccc(C=C3SC(=S)NC3=O)o2)ccc1Cl. The zero-order valence-electron chi connectivity index (χ0n) is 14.2. The second-order valence-corrected chi connectivity index (χ2v) is 7.62. The molecule has 0 aliphatic carbocycles. The van der Waals surface area contributed by atoms with E-state index in [2.05, 4.69) is 10.6 Å². The summed E-state index contributed by atoms with van der Waals surface area (Å²) in [5.41, 5.74) is 1.04. The molecule has 6 nitrogen and oxygen atoms in total. The van der Waals surface area contributed by atoms with Crippen molar-refractivity contribution >= 4 is 57.8 Å². The number of ether oxygens (including phenoxy) is 1. The summed E-state index contributed by atoms with van der Waals surface area (Å²) < 4.78 is 11.1. The standard InChI is InChI=1S/C18H15ClN2O4S2/c1-24-7-6-20-16(22)12-8-10(2-4-13(12)19)14-5-3-11(25-14)9-15-17(23)21-18(26)27-15/h2-5,8-9H,6-7H2,1H3,(H,20,22)(H,21,23,26). The Balaban J connectivity index is 1.81. The molecule has 0 radical (unpaired) electrons. The normalized spacial score (nSPS) is 15.3. The molecule has 2 N–H and O–H groups in total. The molecule has 27 heavy (non-hydrogen) atoms. The van der Waals surface area contributed by atoms with Gasteiger partial charge in [-0.15, -0.1) is 0 Å². The van der Waals surface area contributed by atoms with E-state index in [9.17, 15) is 9.59 Å². The number of thiocarbonyl (C=S) groups is 1. The lowest BCUT2D eigenvalue weighted by atomic mass is 10.1. The zero-order chi connectivity index (χ0) is 19.4. The summed E-state index contributed by atoms with van der Waals surface area (Å²) in [4.78, 5) is 24.5. The average Bonchev–Trinajstić information content (AvgIpc) is 3.22. The van der Waals surface area contributed by atoms with Crippen molar-refractivity contribution < 1.29 is 18.7 Å². The van der Waals surface area contributed by atoms with Gasteiger partial charge in [-0.1, -0.05) is 35.6 Å². The van der Waals surface area contributed by atoms with Crippen LogP contribution in [0, 0.1) is 0 Å². The van der Waals surface area contributed by atoms with Crippen LogP contribution in [0.4, 0.5) is 0 Å². The minimum atomic E-state index is -0.291. The number of rotatable bonds is 6. The van der Waals surface area contributed by atoms with Crippen LogP contribution in [0.1, 0.15) is 16.1 Å². The number of furan rings is 1. The predicted octanol–water partition coefficient (Wildman–Crippen LogP) is 3.47. The number of methoxy groups -OCH3 is 1. The summed E-state index contributed by atoms with van der Waals surface area (Å²) >= 11 is 12.3. The fourth-order valence-corrected chi connectivity index (χ4v) is 3.58. The zero-order valence-corrected chi connectivity index (χ0v) is 16.6. The number of carbonyl (C=O) groups excluding carboxylic acids is 2. The molecule has 1 saturated heterocycles. The summed E-state index contributed by atoms with van der Waals surface area (Å²) in [6, 6.07) is 8.56. The maximum atomic E-state index is 12.3. The highest BCUT2D eigenvalue weighted by Crippen LogP contribution is 2.30. The Kier molecular flexibility index (Phi) is 6.33. The molecule has 0 spiro atoms. The van der Waals surface area contributed by atoms with E-state index in [1.54, 1.807) is 43.5 Å². The number of benzene rings is 1. The van der Waals surface area contributed by atoms with Crippen LogP contribution in [-0.4, -0.2) is 36.4 Å². The number of hydrogen-bond donors (Lipinski definition) is 2. The Bertz CT molecular complexity index is 939. The van der Waals surface area contributed by atoms with Crippen molar-refractivity contribution in [3.05, 3.63) is 51.6 Å². The molecule has 3 rings (SSSR count). The van der Waals surface area contributed by atoms with Crippen LogP contribution < -0.4 is 10.6 Å². The van der Waals surface area contributed by atoms with Gasteiger partial charge in [0.05, 0.1) is 22.1 Å². The Hall–Kier alpha value is -2.13. The van der Waals surface area contributed by atoms with E-state index in [1.807, 2.05) is 0 Å². The second kappa shape index (κ2) is 8.71. The van der Waals surface area contributed by atoms with Gasteiger partial charge >= 0.3 is 0 Å². The van der Waals surface area contributed by atoms with E-state index >= 15 is 0 Å². The van der Waals surface area contributed by atoms with Gasteiger partial charge in [0.15, 0.2) is 0 Å². The fraction of sp³-hybridized carbons (Fsp3) is 0.167. The Morgan fingerprint density at radius 3 is 2.93 bits per heavy atom. The molecule has 140 valence electrons. The monoisotopic (exact) mass is 422 g/mol. The molecule has 0 unspecified atom stereocenters. The molecule has 0 saturated carbocycles. The van der Waals surface area contributed by atoms with Gasteiger partial charge in [0.2, 0.25) is 0 Å². The number of carbonyl (C=O) groups is 2. The molecule has 2 amide bonds. The van der Waals surface area contributed by atoms with Crippen molar-refractivity contribution in [2.75, 3.05) is 20.3 Å². The molecule has 1 fully saturated rings. The minimum Gasteiger partial charge on any atom is -0.457 e. The number of nitrogens with one attached hydrogen (secondary N) is 2. The van der Waals surface area contributed by atoms with Gasteiger partial charge < -0.3 is 19.8 Å². The molecule has 1 aliphatic rings. The van der Waals surface area contributed by atoms with Gasteiger partial charge in [0, 0.05) is 25.3 Å². The topological polar surface area (TPSA) is 80.6 Å². The minimum absolute atomic E-state index is 0.246. The number of amides is 2. The molecule has 9 heteroatoms. The quantitative estimate of drug-likeness (QED) is 0.421. The molecule has 0 bridgehead atoms. The maximum absolute atomic E-state index is 12.3. The number of thioether (sulfide) groups is 1. The van der Waals surface area contributed by atoms with Gasteiger partial charge in [0.1, 0.15) is 15.8 Å². The highest BCUT2D eigenvalue weighted by atomic mass is 35.5. The first-order chi connectivity index (χ1) is 13.0. The Morgan fingerprint density at radius 2 is 2.22 bits per heavy atom. The lowest BCUT2D eigenvalue weighted by Gasteiger charge is -2.07. The van der Waals surface area contributed by atoms with Gasteiger partial charge in [0.25, 0.3) is 11.8 Å². The van der Waals surface area contributed by atoms with Crippen LogP contribution in [0.25, 0.3) is 17.4 Å². The van der Waals surface area contributed by atoms with E-state index in [1.165, 1.54) is 11.8 Å². The smallest absolute Gasteiger partial charge is 0.263 e. The van der Waals surface area contributed by atoms with Crippen LogP contribution in [0.5, 0.6) is 0 Å². The van der Waals surface area contributed by atoms with E-state index in [0.29, 0.717) is 50.0 Å². The molecule has 1 aromatic carbocycles. The second-order valence-electron chi connectivity index (χ2n) is 5.50.